The van der Waals surface area contributed by atoms with Gasteiger partial charge in [0.15, 0.2) is 0 Å². The maximum atomic E-state index is 13.1. The molecule has 0 spiro atoms. The van der Waals surface area contributed by atoms with Crippen LogP contribution in [0.3, 0.4) is 0 Å². The summed E-state index contributed by atoms with van der Waals surface area (Å²) in [7, 11) is 1.29. The summed E-state index contributed by atoms with van der Waals surface area (Å²) in [6, 6.07) is 5.82. The molecule has 4 nitrogen and oxygen atoms in total. The van der Waals surface area contributed by atoms with Crippen molar-refractivity contribution in [2.24, 2.45) is 5.92 Å². The van der Waals surface area contributed by atoms with Crippen LogP contribution in [0.4, 0.5) is 9.39 Å². The molecule has 0 aliphatic carbocycles. The Balaban J connectivity index is 2.39. The predicted octanol–water partition coefficient (Wildman–Crippen LogP) is 4.33. The van der Waals surface area contributed by atoms with Gasteiger partial charge in [0, 0.05) is 17.4 Å². The smallest absolute Gasteiger partial charge is 0.341 e. The van der Waals surface area contributed by atoms with Crippen LogP contribution in [0.1, 0.15) is 30.6 Å². The normalized spacial score (nSPS) is 10.7. The maximum absolute atomic E-state index is 13.1. The lowest BCUT2D eigenvalue weighted by Gasteiger charge is -2.09. The number of carbonyl (C=O) groups is 2. The van der Waals surface area contributed by atoms with E-state index in [-0.39, 0.29) is 17.6 Å². The van der Waals surface area contributed by atoms with E-state index < -0.39 is 5.97 Å². The van der Waals surface area contributed by atoms with Crippen LogP contribution in [0.15, 0.2) is 29.6 Å². The summed E-state index contributed by atoms with van der Waals surface area (Å²) in [5.74, 6) is -0.828. The molecule has 122 valence electrons. The van der Waals surface area contributed by atoms with Crippen molar-refractivity contribution in [3.63, 3.8) is 0 Å². The van der Waals surface area contributed by atoms with Crippen LogP contribution >= 0.6 is 11.3 Å². The zero-order valence-corrected chi connectivity index (χ0v) is 14.0. The van der Waals surface area contributed by atoms with Gasteiger partial charge in [0.05, 0.1) is 7.11 Å². The summed E-state index contributed by atoms with van der Waals surface area (Å²) in [5.41, 5.74) is 1.59. The first-order valence-corrected chi connectivity index (χ1v) is 8.06. The van der Waals surface area contributed by atoms with Gasteiger partial charge in [-0.25, -0.2) is 9.18 Å². The summed E-state index contributed by atoms with van der Waals surface area (Å²) in [6.07, 6.45) is 0.365. The quantitative estimate of drug-likeness (QED) is 0.828. The summed E-state index contributed by atoms with van der Waals surface area (Å²) in [5, 5.41) is 4.96. The molecule has 0 radical (unpaired) electrons. The second-order valence-electron chi connectivity index (χ2n) is 5.50. The molecule has 1 aromatic carbocycles. The third kappa shape index (κ3) is 4.16. The van der Waals surface area contributed by atoms with E-state index in [0.29, 0.717) is 28.1 Å². The van der Waals surface area contributed by atoms with Crippen LogP contribution < -0.4 is 5.32 Å². The highest BCUT2D eigenvalue weighted by molar-refractivity contribution is 7.15. The molecular formula is C17H18FNO3S. The monoisotopic (exact) mass is 335 g/mol. The zero-order chi connectivity index (χ0) is 17.0. The van der Waals surface area contributed by atoms with Gasteiger partial charge in [-0.2, -0.15) is 0 Å². The molecule has 0 saturated heterocycles. The van der Waals surface area contributed by atoms with Crippen molar-refractivity contribution < 1.29 is 18.7 Å². The van der Waals surface area contributed by atoms with Gasteiger partial charge in [0.1, 0.15) is 16.4 Å². The maximum Gasteiger partial charge on any atom is 0.341 e. The fourth-order valence-electron chi connectivity index (χ4n) is 2.14. The zero-order valence-electron chi connectivity index (χ0n) is 13.2. The molecule has 0 aliphatic heterocycles. The van der Waals surface area contributed by atoms with Gasteiger partial charge < -0.3 is 10.1 Å². The average molecular weight is 335 g/mol. The first-order chi connectivity index (χ1) is 10.9. The number of hydrogen-bond donors (Lipinski definition) is 1. The lowest BCUT2D eigenvalue weighted by atomic mass is 10.0. The van der Waals surface area contributed by atoms with E-state index in [1.807, 2.05) is 13.8 Å². The Morgan fingerprint density at radius 2 is 1.91 bits per heavy atom. The Morgan fingerprint density at radius 3 is 2.48 bits per heavy atom. The molecule has 1 amide bonds. The number of methoxy groups -OCH3 is 1. The molecule has 0 aliphatic rings. The van der Waals surface area contributed by atoms with Gasteiger partial charge in [-0.15, -0.1) is 11.3 Å². The minimum Gasteiger partial charge on any atom is -0.465 e. The van der Waals surface area contributed by atoms with Crippen LogP contribution in [-0.2, 0) is 9.53 Å². The van der Waals surface area contributed by atoms with Gasteiger partial charge in [-0.1, -0.05) is 26.0 Å². The van der Waals surface area contributed by atoms with Gasteiger partial charge in [-0.3, -0.25) is 4.79 Å². The molecule has 0 bridgehead atoms. The molecule has 0 atom stereocenters. The first kappa shape index (κ1) is 17.1. The Labute approximate surface area is 138 Å². The molecule has 1 aromatic heterocycles. The summed E-state index contributed by atoms with van der Waals surface area (Å²) in [6.45, 7) is 3.89. The van der Waals surface area contributed by atoms with Crippen LogP contribution in [0.25, 0.3) is 11.1 Å². The number of ether oxygens (including phenoxy) is 1. The second kappa shape index (κ2) is 7.37. The molecule has 0 fully saturated rings. The largest absolute Gasteiger partial charge is 0.465 e. The standard InChI is InChI=1S/C17H18FNO3S/c1-10(2)8-14(20)19-16-15(17(21)22-3)13(9-23-16)11-4-6-12(18)7-5-11/h4-7,9-10H,8H2,1-3H3,(H,19,20). The van der Waals surface area contributed by atoms with E-state index in [2.05, 4.69) is 5.32 Å². The molecule has 0 unspecified atom stereocenters. The van der Waals surface area contributed by atoms with Crippen molar-refractivity contribution in [2.75, 3.05) is 12.4 Å². The van der Waals surface area contributed by atoms with E-state index in [4.69, 9.17) is 4.74 Å². The van der Waals surface area contributed by atoms with Crippen molar-refractivity contribution in [1.29, 1.82) is 0 Å². The van der Waals surface area contributed by atoms with Crippen LogP contribution in [0, 0.1) is 11.7 Å². The van der Waals surface area contributed by atoms with E-state index in [0.717, 1.165) is 0 Å². The summed E-state index contributed by atoms with van der Waals surface area (Å²) >= 11 is 1.25. The molecule has 6 heteroatoms. The van der Waals surface area contributed by atoms with E-state index in [1.54, 1.807) is 17.5 Å². The highest BCUT2D eigenvalue weighted by Gasteiger charge is 2.22. The Morgan fingerprint density at radius 1 is 1.26 bits per heavy atom. The molecule has 1 heterocycles. The Bertz CT molecular complexity index is 707. The Hall–Kier alpha value is -2.21. The molecule has 2 rings (SSSR count). The lowest BCUT2D eigenvalue weighted by molar-refractivity contribution is -0.116. The molecule has 0 saturated carbocycles. The number of thiophene rings is 1. The topological polar surface area (TPSA) is 55.4 Å². The number of carbonyl (C=O) groups excluding carboxylic acids is 2. The number of halogens is 1. The van der Waals surface area contributed by atoms with Gasteiger partial charge in [-0.05, 0) is 23.6 Å². The Kier molecular flexibility index (Phi) is 5.50. The highest BCUT2D eigenvalue weighted by Crippen LogP contribution is 2.36. The SMILES string of the molecule is COC(=O)c1c(-c2ccc(F)cc2)csc1NC(=O)CC(C)C. The summed E-state index contributed by atoms with van der Waals surface area (Å²) < 4.78 is 17.9. The minimum atomic E-state index is -0.537. The van der Waals surface area contributed by atoms with E-state index in [9.17, 15) is 14.0 Å². The molecule has 1 N–H and O–H groups in total. The van der Waals surface area contributed by atoms with Crippen molar-refractivity contribution >= 4 is 28.2 Å². The lowest BCUT2D eigenvalue weighted by Crippen LogP contribution is -2.15. The fourth-order valence-corrected chi connectivity index (χ4v) is 3.12. The number of amides is 1. The van der Waals surface area contributed by atoms with Crippen molar-refractivity contribution in [3.05, 3.63) is 41.0 Å². The van der Waals surface area contributed by atoms with Gasteiger partial charge in [0.2, 0.25) is 5.91 Å². The average Bonchev–Trinajstić information content (AvgIpc) is 2.89. The third-order valence-corrected chi connectivity index (χ3v) is 4.08. The van der Waals surface area contributed by atoms with E-state index >= 15 is 0 Å². The van der Waals surface area contributed by atoms with Crippen molar-refractivity contribution in [3.8, 4) is 11.1 Å². The molecule has 2 aromatic rings. The number of hydrogen-bond acceptors (Lipinski definition) is 4. The number of esters is 1. The van der Waals surface area contributed by atoms with Gasteiger partial charge in [0.25, 0.3) is 0 Å². The van der Waals surface area contributed by atoms with Crippen LogP contribution in [0.2, 0.25) is 0 Å². The first-order valence-electron chi connectivity index (χ1n) is 7.18. The third-order valence-electron chi connectivity index (χ3n) is 3.18. The van der Waals surface area contributed by atoms with Crippen molar-refractivity contribution in [1.82, 2.24) is 0 Å². The van der Waals surface area contributed by atoms with Crippen LogP contribution in [0.5, 0.6) is 0 Å². The predicted molar refractivity (Wildman–Crippen MR) is 89.1 cm³/mol. The minimum absolute atomic E-state index is 0.155. The van der Waals surface area contributed by atoms with Crippen molar-refractivity contribution in [2.45, 2.75) is 20.3 Å². The van der Waals surface area contributed by atoms with E-state index in [1.165, 1.54) is 30.6 Å². The fraction of sp³-hybridized carbons (Fsp3) is 0.294. The second-order valence-corrected chi connectivity index (χ2v) is 6.38. The summed E-state index contributed by atoms with van der Waals surface area (Å²) in [4.78, 5) is 24.1. The number of benzene rings is 1. The number of nitrogens with one attached hydrogen (secondary N) is 1. The molecular weight excluding hydrogens is 317 g/mol. The highest BCUT2D eigenvalue weighted by atomic mass is 32.1. The van der Waals surface area contributed by atoms with Crippen LogP contribution in [-0.4, -0.2) is 19.0 Å². The molecule has 23 heavy (non-hydrogen) atoms. The number of rotatable bonds is 5. The van der Waals surface area contributed by atoms with Gasteiger partial charge >= 0.3 is 5.97 Å². The number of anilines is 1.